The summed E-state index contributed by atoms with van der Waals surface area (Å²) in [5.41, 5.74) is 5.08. The maximum absolute atomic E-state index is 11.8. The van der Waals surface area contributed by atoms with Crippen molar-refractivity contribution in [1.29, 1.82) is 0 Å². The quantitative estimate of drug-likeness (QED) is 0.870. The average Bonchev–Trinajstić information content (AvgIpc) is 2.88. The Balaban J connectivity index is 2.04. The van der Waals surface area contributed by atoms with Gasteiger partial charge in [0.25, 0.3) is 0 Å². The Morgan fingerprint density at radius 3 is 2.89 bits per heavy atom. The van der Waals surface area contributed by atoms with Gasteiger partial charge in [-0.1, -0.05) is 0 Å². The summed E-state index contributed by atoms with van der Waals surface area (Å²) >= 11 is 1.79. The van der Waals surface area contributed by atoms with Crippen LogP contribution in [0.15, 0.2) is 21.6 Å². The van der Waals surface area contributed by atoms with Gasteiger partial charge >= 0.3 is 0 Å². The third-order valence-electron chi connectivity index (χ3n) is 3.61. The van der Waals surface area contributed by atoms with E-state index in [1.807, 2.05) is 26.8 Å². The van der Waals surface area contributed by atoms with Crippen LogP contribution in [0.5, 0.6) is 0 Å². The van der Waals surface area contributed by atoms with Crippen molar-refractivity contribution in [2.24, 2.45) is 5.73 Å². The van der Waals surface area contributed by atoms with Gasteiger partial charge in [0.2, 0.25) is 5.91 Å². The molecule has 5 heteroatoms. The molecule has 0 saturated heterocycles. The van der Waals surface area contributed by atoms with Crippen LogP contribution in [0, 0.1) is 6.92 Å². The highest BCUT2D eigenvalue weighted by atomic mass is 32.2. The number of amides is 1. The molecule has 1 aromatic heterocycles. The molecule has 0 aliphatic heterocycles. The van der Waals surface area contributed by atoms with E-state index in [9.17, 15) is 4.79 Å². The maximum atomic E-state index is 11.8. The van der Waals surface area contributed by atoms with Crippen molar-refractivity contribution in [2.45, 2.75) is 61.8 Å². The molecular formula is C14H22N2O2S. The molecule has 3 N–H and O–H groups in total. The second-order valence-corrected chi connectivity index (χ2v) is 6.91. The molecule has 2 rings (SSSR count). The first kappa shape index (κ1) is 14.5. The van der Waals surface area contributed by atoms with Crippen molar-refractivity contribution in [2.75, 3.05) is 0 Å². The molecule has 0 aromatic carbocycles. The van der Waals surface area contributed by atoms with Gasteiger partial charge in [-0.2, -0.15) is 0 Å². The van der Waals surface area contributed by atoms with Crippen LogP contribution >= 0.6 is 11.8 Å². The van der Waals surface area contributed by atoms with E-state index in [2.05, 4.69) is 5.32 Å². The molecule has 1 fully saturated rings. The lowest BCUT2D eigenvalue weighted by molar-refractivity contribution is -0.124. The van der Waals surface area contributed by atoms with Gasteiger partial charge in [0, 0.05) is 16.2 Å². The number of hydrogen-bond acceptors (Lipinski definition) is 4. The van der Waals surface area contributed by atoms with Crippen LogP contribution < -0.4 is 11.1 Å². The molecule has 106 valence electrons. The molecule has 2 atom stereocenters. The van der Waals surface area contributed by atoms with Crippen LogP contribution in [0.1, 0.15) is 38.9 Å². The van der Waals surface area contributed by atoms with E-state index in [4.69, 9.17) is 10.2 Å². The minimum absolute atomic E-state index is 0.229. The van der Waals surface area contributed by atoms with Crippen LogP contribution in [0.2, 0.25) is 0 Å². The molecule has 1 heterocycles. The highest BCUT2D eigenvalue weighted by molar-refractivity contribution is 8.00. The Bertz CT molecular complexity index is 458. The van der Waals surface area contributed by atoms with E-state index in [-0.39, 0.29) is 11.9 Å². The monoisotopic (exact) mass is 282 g/mol. The van der Waals surface area contributed by atoms with Crippen LogP contribution in [0.25, 0.3) is 0 Å². The Labute approximate surface area is 118 Å². The summed E-state index contributed by atoms with van der Waals surface area (Å²) in [6, 6.07) is 2.24. The van der Waals surface area contributed by atoms with Crippen molar-refractivity contribution in [3.05, 3.63) is 18.1 Å². The van der Waals surface area contributed by atoms with E-state index in [1.54, 1.807) is 18.0 Å². The summed E-state index contributed by atoms with van der Waals surface area (Å²) in [5, 5.41) is 3.78. The first-order chi connectivity index (χ1) is 8.93. The molecule has 1 aliphatic rings. The second-order valence-electron chi connectivity index (χ2n) is 5.57. The molecule has 0 radical (unpaired) electrons. The Morgan fingerprint density at radius 1 is 1.63 bits per heavy atom. The first-order valence-corrected chi connectivity index (χ1v) is 7.59. The van der Waals surface area contributed by atoms with E-state index >= 15 is 0 Å². The van der Waals surface area contributed by atoms with Gasteiger partial charge in [-0.05, 0) is 46.1 Å². The van der Waals surface area contributed by atoms with Crippen molar-refractivity contribution in [1.82, 2.24) is 5.32 Å². The Hall–Kier alpha value is -0.940. The van der Waals surface area contributed by atoms with Gasteiger partial charge in [0.05, 0.1) is 11.8 Å². The van der Waals surface area contributed by atoms with Gasteiger partial charge in [-0.3, -0.25) is 4.79 Å². The summed E-state index contributed by atoms with van der Waals surface area (Å²) < 4.78 is 5.31. The predicted molar refractivity (Wildman–Crippen MR) is 77.1 cm³/mol. The fourth-order valence-electron chi connectivity index (χ4n) is 2.75. The number of carbonyl (C=O) groups is 1. The Morgan fingerprint density at radius 2 is 2.37 bits per heavy atom. The summed E-state index contributed by atoms with van der Waals surface area (Å²) in [6.07, 6.45) is 4.31. The maximum Gasteiger partial charge on any atom is 0.237 e. The Kier molecular flexibility index (Phi) is 4.26. The number of aryl methyl sites for hydroxylation is 1. The molecule has 19 heavy (non-hydrogen) atoms. The van der Waals surface area contributed by atoms with Gasteiger partial charge < -0.3 is 15.5 Å². The molecule has 0 bridgehead atoms. The lowest BCUT2D eigenvalue weighted by Crippen LogP contribution is -2.56. The number of hydrogen-bond donors (Lipinski definition) is 2. The van der Waals surface area contributed by atoms with Crippen LogP contribution in [0.4, 0.5) is 0 Å². The highest BCUT2D eigenvalue weighted by Gasteiger charge is 2.44. The zero-order valence-corrected chi connectivity index (χ0v) is 12.5. The van der Waals surface area contributed by atoms with Crippen molar-refractivity contribution in [3.8, 4) is 0 Å². The van der Waals surface area contributed by atoms with Gasteiger partial charge in [0.15, 0.2) is 0 Å². The van der Waals surface area contributed by atoms with Crippen LogP contribution in [0.3, 0.4) is 0 Å². The van der Waals surface area contributed by atoms with Crippen molar-refractivity contribution < 1.29 is 9.21 Å². The summed E-state index contributed by atoms with van der Waals surface area (Å²) in [4.78, 5) is 13.0. The van der Waals surface area contributed by atoms with E-state index < -0.39 is 5.54 Å². The minimum atomic E-state index is -0.538. The second kappa shape index (κ2) is 5.59. The predicted octanol–water partition coefficient (Wildman–Crippen LogP) is 2.45. The number of rotatable bonds is 5. The lowest BCUT2D eigenvalue weighted by Gasteiger charge is -2.29. The number of furan rings is 1. The van der Waals surface area contributed by atoms with Gasteiger partial charge in [-0.25, -0.2) is 0 Å². The largest absolute Gasteiger partial charge is 0.468 e. The molecule has 2 unspecified atom stereocenters. The summed E-state index contributed by atoms with van der Waals surface area (Å²) in [7, 11) is 0. The van der Waals surface area contributed by atoms with Crippen LogP contribution in [-0.2, 0) is 4.79 Å². The topological polar surface area (TPSA) is 68.3 Å². The smallest absolute Gasteiger partial charge is 0.237 e. The lowest BCUT2D eigenvalue weighted by atomic mass is 9.96. The average molecular weight is 282 g/mol. The summed E-state index contributed by atoms with van der Waals surface area (Å²) in [6.45, 7) is 6.06. The fraction of sp³-hybridized carbons (Fsp3) is 0.643. The van der Waals surface area contributed by atoms with Crippen LogP contribution in [-0.4, -0.2) is 22.7 Å². The third-order valence-corrected chi connectivity index (χ3v) is 5.02. The number of nitrogens with one attached hydrogen (secondary N) is 1. The zero-order chi connectivity index (χ0) is 14.0. The SMILES string of the molecule is Cc1occc1SC1CCC(NC(C)C)(C(N)=O)C1. The summed E-state index contributed by atoms with van der Waals surface area (Å²) in [5.74, 6) is 0.714. The molecule has 1 aliphatic carbocycles. The molecule has 1 aromatic rings. The van der Waals surface area contributed by atoms with Gasteiger partial charge in [-0.15, -0.1) is 11.8 Å². The molecule has 1 amide bonds. The molecule has 4 nitrogen and oxygen atoms in total. The molecular weight excluding hydrogens is 260 g/mol. The number of primary amides is 1. The molecule has 0 spiro atoms. The molecule has 1 saturated carbocycles. The number of nitrogens with two attached hydrogens (primary N) is 1. The van der Waals surface area contributed by atoms with Crippen molar-refractivity contribution in [3.63, 3.8) is 0 Å². The number of thioether (sulfide) groups is 1. The minimum Gasteiger partial charge on any atom is -0.468 e. The van der Waals surface area contributed by atoms with E-state index in [0.29, 0.717) is 5.25 Å². The standard InChI is InChI=1S/C14H22N2O2S/c1-9(2)16-14(13(15)17)6-4-11(8-14)19-12-5-7-18-10(12)3/h5,7,9,11,16H,4,6,8H2,1-3H3,(H2,15,17). The number of carbonyl (C=O) groups excluding carboxylic acids is 1. The fourth-order valence-corrected chi connectivity index (χ4v) is 4.07. The zero-order valence-electron chi connectivity index (χ0n) is 11.7. The normalized spacial score (nSPS) is 27.1. The third kappa shape index (κ3) is 3.15. The highest BCUT2D eigenvalue weighted by Crippen LogP contribution is 2.41. The van der Waals surface area contributed by atoms with E-state index in [0.717, 1.165) is 29.9 Å². The van der Waals surface area contributed by atoms with Gasteiger partial charge in [0.1, 0.15) is 5.76 Å². The first-order valence-electron chi connectivity index (χ1n) is 6.71. The van der Waals surface area contributed by atoms with Crippen molar-refractivity contribution >= 4 is 17.7 Å². The van der Waals surface area contributed by atoms with E-state index in [1.165, 1.54) is 0 Å².